The quantitative estimate of drug-likeness (QED) is 0.654. The summed E-state index contributed by atoms with van der Waals surface area (Å²) in [6.45, 7) is 3.08. The van der Waals surface area contributed by atoms with Crippen LogP contribution in [0.25, 0.3) is 11.4 Å². The van der Waals surface area contributed by atoms with E-state index in [1.54, 1.807) is 29.3 Å². The molecule has 0 N–H and O–H groups in total. The molecule has 4 heterocycles. The van der Waals surface area contributed by atoms with Crippen molar-refractivity contribution >= 4 is 5.91 Å². The molecule has 1 fully saturated rings. The minimum absolute atomic E-state index is 0.0145. The molecule has 9 heteroatoms. The third-order valence-corrected chi connectivity index (χ3v) is 5.41. The Labute approximate surface area is 173 Å². The average Bonchev–Trinajstić information content (AvgIpc) is 3.27. The van der Waals surface area contributed by atoms with Crippen LogP contribution in [-0.2, 0) is 6.54 Å². The van der Waals surface area contributed by atoms with Crippen LogP contribution in [0.4, 0.5) is 0 Å². The van der Waals surface area contributed by atoms with Gasteiger partial charge in [0.2, 0.25) is 5.82 Å². The molecular formula is C21H22N6O3. The van der Waals surface area contributed by atoms with Crippen molar-refractivity contribution in [3.63, 3.8) is 0 Å². The van der Waals surface area contributed by atoms with Crippen LogP contribution in [0.2, 0.25) is 0 Å². The summed E-state index contributed by atoms with van der Waals surface area (Å²) in [6.07, 6.45) is 5.39. The summed E-state index contributed by atoms with van der Waals surface area (Å²) < 4.78 is 11.2. The number of hydrogen-bond donors (Lipinski definition) is 0. The Bertz CT molecular complexity index is 1040. The molecule has 1 saturated heterocycles. The highest BCUT2D eigenvalue weighted by atomic mass is 16.6. The van der Waals surface area contributed by atoms with Crippen LogP contribution in [-0.4, -0.2) is 62.3 Å². The Morgan fingerprint density at radius 1 is 1.10 bits per heavy atom. The predicted molar refractivity (Wildman–Crippen MR) is 107 cm³/mol. The van der Waals surface area contributed by atoms with Gasteiger partial charge in [-0.25, -0.2) is 0 Å². The lowest BCUT2D eigenvalue weighted by Crippen LogP contribution is -2.41. The summed E-state index contributed by atoms with van der Waals surface area (Å²) >= 11 is 0. The minimum atomic E-state index is 0.0145. The van der Waals surface area contributed by atoms with Gasteiger partial charge in [0.05, 0.1) is 6.54 Å². The van der Waals surface area contributed by atoms with Gasteiger partial charge in [0.25, 0.3) is 5.91 Å². The Kier molecular flexibility index (Phi) is 5.00. The topological polar surface area (TPSA) is 95.3 Å². The van der Waals surface area contributed by atoms with Crippen molar-refractivity contribution in [1.82, 2.24) is 30.1 Å². The molecule has 1 atom stereocenters. The molecule has 0 bridgehead atoms. The second-order valence-electron chi connectivity index (χ2n) is 7.52. The zero-order valence-electron chi connectivity index (χ0n) is 16.5. The number of aromatic nitrogens is 5. The smallest absolute Gasteiger partial charge is 0.254 e. The molecule has 2 aliphatic heterocycles. The van der Waals surface area contributed by atoms with Gasteiger partial charge in [-0.3, -0.25) is 9.78 Å². The van der Waals surface area contributed by atoms with Crippen molar-refractivity contribution in [1.29, 1.82) is 0 Å². The number of carbonyl (C=O) groups excluding carboxylic acids is 1. The molecule has 9 nitrogen and oxygen atoms in total. The number of ether oxygens (including phenoxy) is 2. The Balaban J connectivity index is 1.25. The number of nitrogens with zero attached hydrogens (tertiary/aromatic N) is 6. The number of benzene rings is 1. The first-order chi connectivity index (χ1) is 14.8. The lowest BCUT2D eigenvalue weighted by Gasteiger charge is -2.32. The predicted octanol–water partition coefficient (Wildman–Crippen LogP) is 2.06. The van der Waals surface area contributed by atoms with Gasteiger partial charge in [-0.15, -0.1) is 10.2 Å². The zero-order chi connectivity index (χ0) is 20.3. The number of likely N-dealkylation sites (tertiary alicyclic amines) is 1. The fraction of sp³-hybridized carbons (Fsp3) is 0.381. The maximum absolute atomic E-state index is 13.0. The fourth-order valence-corrected chi connectivity index (χ4v) is 3.93. The lowest BCUT2D eigenvalue weighted by atomic mass is 9.97. The number of amides is 1. The van der Waals surface area contributed by atoms with Gasteiger partial charge in [-0.2, -0.15) is 4.80 Å². The third kappa shape index (κ3) is 3.83. The normalized spacial score (nSPS) is 18.3. The SMILES string of the molecule is O=C(c1ccc2c(c1)OCCO2)N1CCC[C@@H](Cn2nnc(-c3ccncc3)n2)C1. The first kappa shape index (κ1) is 18.5. The van der Waals surface area contributed by atoms with E-state index >= 15 is 0 Å². The van der Waals surface area contributed by atoms with Crippen LogP contribution >= 0.6 is 0 Å². The monoisotopic (exact) mass is 406 g/mol. The van der Waals surface area contributed by atoms with E-state index in [0.717, 1.165) is 24.9 Å². The van der Waals surface area contributed by atoms with Crippen molar-refractivity contribution in [2.24, 2.45) is 5.92 Å². The molecule has 0 unspecified atom stereocenters. The number of carbonyl (C=O) groups is 1. The second kappa shape index (κ2) is 8.10. The zero-order valence-corrected chi connectivity index (χ0v) is 16.5. The molecule has 2 aromatic heterocycles. The van der Waals surface area contributed by atoms with Gasteiger partial charge in [-0.05, 0) is 54.3 Å². The summed E-state index contributed by atoms with van der Waals surface area (Å²) in [5.74, 6) is 2.20. The Hall–Kier alpha value is -3.49. The molecule has 0 radical (unpaired) electrons. The van der Waals surface area contributed by atoms with Gasteiger partial charge in [0.1, 0.15) is 13.2 Å². The Morgan fingerprint density at radius 2 is 1.93 bits per heavy atom. The van der Waals surface area contributed by atoms with E-state index in [1.165, 1.54) is 0 Å². The third-order valence-electron chi connectivity index (χ3n) is 5.41. The summed E-state index contributed by atoms with van der Waals surface area (Å²) in [6, 6.07) is 9.11. The maximum Gasteiger partial charge on any atom is 0.254 e. The van der Waals surface area contributed by atoms with E-state index in [-0.39, 0.29) is 11.8 Å². The highest BCUT2D eigenvalue weighted by Gasteiger charge is 2.26. The molecule has 3 aromatic rings. The van der Waals surface area contributed by atoms with Gasteiger partial charge in [0.15, 0.2) is 11.5 Å². The Morgan fingerprint density at radius 3 is 2.80 bits per heavy atom. The van der Waals surface area contributed by atoms with E-state index in [2.05, 4.69) is 20.4 Å². The number of tetrazole rings is 1. The van der Waals surface area contributed by atoms with Crippen molar-refractivity contribution in [2.75, 3.05) is 26.3 Å². The van der Waals surface area contributed by atoms with E-state index in [0.29, 0.717) is 49.2 Å². The van der Waals surface area contributed by atoms with Crippen LogP contribution in [0.15, 0.2) is 42.7 Å². The van der Waals surface area contributed by atoms with Gasteiger partial charge in [-0.1, -0.05) is 0 Å². The van der Waals surface area contributed by atoms with Crippen molar-refractivity contribution in [2.45, 2.75) is 19.4 Å². The van der Waals surface area contributed by atoms with Crippen molar-refractivity contribution in [3.05, 3.63) is 48.3 Å². The molecule has 30 heavy (non-hydrogen) atoms. The summed E-state index contributed by atoms with van der Waals surface area (Å²) in [7, 11) is 0. The number of rotatable bonds is 4. The molecule has 2 aliphatic rings. The van der Waals surface area contributed by atoms with Crippen LogP contribution in [0.5, 0.6) is 11.5 Å². The number of piperidine rings is 1. The molecular weight excluding hydrogens is 384 g/mol. The van der Waals surface area contributed by atoms with E-state index in [1.807, 2.05) is 23.1 Å². The number of hydrogen-bond acceptors (Lipinski definition) is 7. The molecule has 0 saturated carbocycles. The molecule has 154 valence electrons. The minimum Gasteiger partial charge on any atom is -0.486 e. The molecule has 5 rings (SSSR count). The lowest BCUT2D eigenvalue weighted by molar-refractivity contribution is 0.0655. The molecule has 0 aliphatic carbocycles. The summed E-state index contributed by atoms with van der Waals surface area (Å²) in [5.41, 5.74) is 1.51. The summed E-state index contributed by atoms with van der Waals surface area (Å²) in [5, 5.41) is 12.8. The van der Waals surface area contributed by atoms with Crippen molar-refractivity contribution < 1.29 is 14.3 Å². The van der Waals surface area contributed by atoms with E-state index in [9.17, 15) is 4.79 Å². The average molecular weight is 406 g/mol. The van der Waals surface area contributed by atoms with Gasteiger partial charge < -0.3 is 14.4 Å². The van der Waals surface area contributed by atoms with Gasteiger partial charge in [0, 0.05) is 36.6 Å². The standard InChI is InChI=1S/C21H22N6O3/c28-21(17-3-4-18-19(12-17)30-11-10-29-18)26-9-1-2-15(13-26)14-27-24-20(23-25-27)16-5-7-22-8-6-16/h3-8,12,15H,1-2,9-11,13-14H2/t15-/m1/s1. The molecule has 1 aromatic carbocycles. The van der Waals surface area contributed by atoms with Crippen LogP contribution in [0.1, 0.15) is 23.2 Å². The molecule has 0 spiro atoms. The number of fused-ring (bicyclic) bond motifs is 1. The van der Waals surface area contributed by atoms with Crippen LogP contribution in [0.3, 0.4) is 0 Å². The second-order valence-corrected chi connectivity index (χ2v) is 7.52. The van der Waals surface area contributed by atoms with Crippen LogP contribution < -0.4 is 9.47 Å². The largest absolute Gasteiger partial charge is 0.486 e. The first-order valence-corrected chi connectivity index (χ1v) is 10.1. The fourth-order valence-electron chi connectivity index (χ4n) is 3.93. The number of pyridine rings is 1. The van der Waals surface area contributed by atoms with Crippen LogP contribution in [0, 0.1) is 5.92 Å². The van der Waals surface area contributed by atoms with Gasteiger partial charge >= 0.3 is 0 Å². The van der Waals surface area contributed by atoms with Crippen molar-refractivity contribution in [3.8, 4) is 22.9 Å². The highest BCUT2D eigenvalue weighted by Crippen LogP contribution is 2.31. The first-order valence-electron chi connectivity index (χ1n) is 10.1. The molecule has 1 amide bonds. The maximum atomic E-state index is 13.0. The van der Waals surface area contributed by atoms with E-state index in [4.69, 9.17) is 9.47 Å². The summed E-state index contributed by atoms with van der Waals surface area (Å²) in [4.78, 5) is 20.6. The highest BCUT2D eigenvalue weighted by molar-refractivity contribution is 5.95. The van der Waals surface area contributed by atoms with E-state index < -0.39 is 0 Å².